The molecule has 2 rings (SSSR count). The van der Waals surface area contributed by atoms with Crippen molar-refractivity contribution in [3.63, 3.8) is 0 Å². The fraction of sp³-hybridized carbons (Fsp3) is 0.316. The van der Waals surface area contributed by atoms with Crippen LogP contribution >= 0.6 is 0 Å². The Morgan fingerprint density at radius 1 is 1.04 bits per heavy atom. The van der Waals surface area contributed by atoms with E-state index in [1.54, 1.807) is 24.1 Å². The first-order chi connectivity index (χ1) is 11.9. The Morgan fingerprint density at radius 3 is 2.28 bits per heavy atom. The zero-order valence-corrected chi connectivity index (χ0v) is 15.4. The molecule has 0 fully saturated rings. The Kier molecular flexibility index (Phi) is 6.73. The number of benzene rings is 2. The number of amides is 1. The lowest BCUT2D eigenvalue weighted by Crippen LogP contribution is -2.27. The molecular weight excluding hydrogens is 336 g/mol. The van der Waals surface area contributed by atoms with Gasteiger partial charge in [-0.05, 0) is 36.2 Å². The van der Waals surface area contributed by atoms with Crippen molar-refractivity contribution < 1.29 is 13.2 Å². The van der Waals surface area contributed by atoms with Gasteiger partial charge in [0.25, 0.3) is 5.91 Å². The third-order valence-electron chi connectivity index (χ3n) is 3.84. The summed E-state index contributed by atoms with van der Waals surface area (Å²) in [6, 6.07) is 15.8. The van der Waals surface area contributed by atoms with E-state index in [0.29, 0.717) is 18.7 Å². The first kappa shape index (κ1) is 19.1. The predicted molar refractivity (Wildman–Crippen MR) is 98.8 cm³/mol. The van der Waals surface area contributed by atoms with E-state index in [9.17, 15) is 13.2 Å². The molecule has 0 saturated carbocycles. The van der Waals surface area contributed by atoms with E-state index < -0.39 is 10.0 Å². The van der Waals surface area contributed by atoms with Crippen molar-refractivity contribution in [1.82, 2.24) is 9.62 Å². The standard InChI is InChI=1S/C19H24N2O3S/c1-3-4-14-20-25(23,24)18-12-10-17(11-13-18)19(22)21(2)15-16-8-6-5-7-9-16/h5-13,20H,3-4,14-15H2,1-2H3. The van der Waals surface area contributed by atoms with E-state index >= 15 is 0 Å². The van der Waals surface area contributed by atoms with Crippen molar-refractivity contribution in [2.24, 2.45) is 0 Å². The maximum Gasteiger partial charge on any atom is 0.253 e. The lowest BCUT2D eigenvalue weighted by atomic mass is 10.1. The number of sulfonamides is 1. The molecule has 0 saturated heterocycles. The molecule has 1 N–H and O–H groups in total. The lowest BCUT2D eigenvalue weighted by Gasteiger charge is -2.17. The summed E-state index contributed by atoms with van der Waals surface area (Å²) in [6.07, 6.45) is 1.71. The van der Waals surface area contributed by atoms with E-state index in [4.69, 9.17) is 0 Å². The smallest absolute Gasteiger partial charge is 0.253 e. The monoisotopic (exact) mass is 360 g/mol. The normalized spacial score (nSPS) is 11.3. The van der Waals surface area contributed by atoms with Gasteiger partial charge >= 0.3 is 0 Å². The summed E-state index contributed by atoms with van der Waals surface area (Å²) in [4.78, 5) is 14.3. The molecule has 0 spiro atoms. The molecule has 0 heterocycles. The van der Waals surface area contributed by atoms with Gasteiger partial charge in [0, 0.05) is 25.7 Å². The molecule has 0 radical (unpaired) electrons. The summed E-state index contributed by atoms with van der Waals surface area (Å²) < 4.78 is 26.9. The van der Waals surface area contributed by atoms with Gasteiger partial charge in [-0.15, -0.1) is 0 Å². The molecule has 0 bridgehead atoms. The second-order valence-electron chi connectivity index (χ2n) is 5.92. The minimum atomic E-state index is -3.52. The highest BCUT2D eigenvalue weighted by Gasteiger charge is 2.16. The summed E-state index contributed by atoms with van der Waals surface area (Å²) in [5, 5.41) is 0. The van der Waals surface area contributed by atoms with Crippen LogP contribution in [0, 0.1) is 0 Å². The number of rotatable bonds is 8. The minimum absolute atomic E-state index is 0.147. The molecule has 6 heteroatoms. The fourth-order valence-electron chi connectivity index (χ4n) is 2.39. The zero-order valence-electron chi connectivity index (χ0n) is 14.6. The zero-order chi connectivity index (χ0) is 18.3. The predicted octanol–water partition coefficient (Wildman–Crippen LogP) is 3.04. The Hall–Kier alpha value is -2.18. The van der Waals surface area contributed by atoms with Crippen LogP contribution in [0.3, 0.4) is 0 Å². The second kappa shape index (κ2) is 8.78. The van der Waals surface area contributed by atoms with E-state index in [1.807, 2.05) is 37.3 Å². The third-order valence-corrected chi connectivity index (χ3v) is 5.32. The van der Waals surface area contributed by atoms with Crippen LogP contribution in [0.4, 0.5) is 0 Å². The second-order valence-corrected chi connectivity index (χ2v) is 7.69. The average Bonchev–Trinajstić information content (AvgIpc) is 2.62. The number of carbonyl (C=O) groups is 1. The number of carbonyl (C=O) groups excluding carboxylic acids is 1. The average molecular weight is 360 g/mol. The Bertz CT molecular complexity index is 787. The van der Waals surface area contributed by atoms with Gasteiger partial charge in [-0.3, -0.25) is 4.79 Å². The van der Waals surface area contributed by atoms with Crippen LogP contribution < -0.4 is 4.72 Å². The molecule has 0 unspecified atom stereocenters. The van der Waals surface area contributed by atoms with Gasteiger partial charge in [0.2, 0.25) is 10.0 Å². The number of nitrogens with one attached hydrogen (secondary N) is 1. The molecule has 0 aliphatic heterocycles. The molecular formula is C19H24N2O3S. The molecule has 134 valence electrons. The van der Waals surface area contributed by atoms with Gasteiger partial charge in [0.1, 0.15) is 0 Å². The minimum Gasteiger partial charge on any atom is -0.337 e. The number of unbranched alkanes of at least 4 members (excludes halogenated alkanes) is 1. The first-order valence-corrected chi connectivity index (χ1v) is 9.81. The molecule has 0 atom stereocenters. The molecule has 2 aromatic rings. The van der Waals surface area contributed by atoms with Crippen LogP contribution in [0.5, 0.6) is 0 Å². The molecule has 0 aliphatic carbocycles. The topological polar surface area (TPSA) is 66.5 Å². The molecule has 25 heavy (non-hydrogen) atoms. The van der Waals surface area contributed by atoms with Crippen LogP contribution in [-0.4, -0.2) is 32.8 Å². The van der Waals surface area contributed by atoms with Crippen LogP contribution in [0.15, 0.2) is 59.5 Å². The van der Waals surface area contributed by atoms with E-state index in [-0.39, 0.29) is 10.8 Å². The maximum atomic E-state index is 12.5. The Labute approximate surface area is 149 Å². The molecule has 1 amide bonds. The number of hydrogen-bond acceptors (Lipinski definition) is 3. The quantitative estimate of drug-likeness (QED) is 0.736. The highest BCUT2D eigenvalue weighted by Crippen LogP contribution is 2.13. The number of nitrogens with zero attached hydrogens (tertiary/aromatic N) is 1. The molecule has 0 aromatic heterocycles. The van der Waals surface area contributed by atoms with Crippen molar-refractivity contribution in [1.29, 1.82) is 0 Å². The van der Waals surface area contributed by atoms with Gasteiger partial charge in [-0.25, -0.2) is 13.1 Å². The summed E-state index contributed by atoms with van der Waals surface area (Å²) in [7, 11) is -1.79. The van der Waals surface area contributed by atoms with E-state index in [0.717, 1.165) is 18.4 Å². The van der Waals surface area contributed by atoms with Crippen LogP contribution in [0.1, 0.15) is 35.7 Å². The molecule has 0 aliphatic rings. The van der Waals surface area contributed by atoms with Crippen molar-refractivity contribution in [3.8, 4) is 0 Å². The lowest BCUT2D eigenvalue weighted by molar-refractivity contribution is 0.0785. The van der Waals surface area contributed by atoms with Crippen molar-refractivity contribution in [2.45, 2.75) is 31.2 Å². The summed E-state index contributed by atoms with van der Waals surface area (Å²) in [5.41, 5.74) is 1.50. The van der Waals surface area contributed by atoms with Crippen molar-refractivity contribution in [2.75, 3.05) is 13.6 Å². The molecule has 5 nitrogen and oxygen atoms in total. The summed E-state index contributed by atoms with van der Waals surface area (Å²) in [5.74, 6) is -0.147. The SMILES string of the molecule is CCCCNS(=O)(=O)c1ccc(C(=O)N(C)Cc2ccccc2)cc1. The van der Waals surface area contributed by atoms with Crippen molar-refractivity contribution in [3.05, 3.63) is 65.7 Å². The van der Waals surface area contributed by atoms with Gasteiger partial charge in [-0.2, -0.15) is 0 Å². The van der Waals surface area contributed by atoms with Crippen LogP contribution in [-0.2, 0) is 16.6 Å². The highest BCUT2D eigenvalue weighted by molar-refractivity contribution is 7.89. The van der Waals surface area contributed by atoms with Crippen molar-refractivity contribution >= 4 is 15.9 Å². The van der Waals surface area contributed by atoms with Gasteiger partial charge in [-0.1, -0.05) is 43.7 Å². The Balaban J connectivity index is 2.04. The van der Waals surface area contributed by atoms with E-state index in [2.05, 4.69) is 4.72 Å². The fourth-order valence-corrected chi connectivity index (χ4v) is 3.47. The first-order valence-electron chi connectivity index (χ1n) is 8.33. The van der Waals surface area contributed by atoms with Crippen LogP contribution in [0.2, 0.25) is 0 Å². The third kappa shape index (κ3) is 5.41. The number of hydrogen-bond donors (Lipinski definition) is 1. The van der Waals surface area contributed by atoms with E-state index in [1.165, 1.54) is 12.1 Å². The summed E-state index contributed by atoms with van der Waals surface area (Å²) >= 11 is 0. The molecule has 2 aromatic carbocycles. The Morgan fingerprint density at radius 2 is 1.68 bits per heavy atom. The largest absolute Gasteiger partial charge is 0.337 e. The summed E-state index contributed by atoms with van der Waals surface area (Å²) in [6.45, 7) is 2.91. The highest BCUT2D eigenvalue weighted by atomic mass is 32.2. The van der Waals surface area contributed by atoms with Gasteiger partial charge in [0.05, 0.1) is 4.90 Å². The van der Waals surface area contributed by atoms with Gasteiger partial charge in [0.15, 0.2) is 0 Å². The maximum absolute atomic E-state index is 12.5. The van der Waals surface area contributed by atoms with Crippen LogP contribution in [0.25, 0.3) is 0 Å². The van der Waals surface area contributed by atoms with Gasteiger partial charge < -0.3 is 4.90 Å².